The first-order valence-electron chi connectivity index (χ1n) is 6.77. The molecule has 21 heavy (non-hydrogen) atoms. The lowest BCUT2D eigenvalue weighted by atomic mass is 10.2. The molecule has 2 aromatic carbocycles. The average Bonchev–Trinajstić information content (AvgIpc) is 2.49. The van der Waals surface area contributed by atoms with Crippen molar-refractivity contribution in [2.24, 2.45) is 0 Å². The summed E-state index contributed by atoms with van der Waals surface area (Å²) in [6.07, 6.45) is 0. The number of ether oxygens (including phenoxy) is 1. The van der Waals surface area contributed by atoms with Crippen LogP contribution >= 0.6 is 0 Å². The van der Waals surface area contributed by atoms with Crippen molar-refractivity contribution in [3.8, 4) is 5.75 Å². The van der Waals surface area contributed by atoms with E-state index in [-0.39, 0.29) is 11.5 Å². The van der Waals surface area contributed by atoms with Gasteiger partial charge in [0.05, 0.1) is 12.1 Å². The molecule has 0 aliphatic heterocycles. The van der Waals surface area contributed by atoms with Gasteiger partial charge in [0, 0.05) is 7.05 Å². The van der Waals surface area contributed by atoms with Gasteiger partial charge < -0.3 is 9.64 Å². The molecule has 110 valence electrons. The number of rotatable bonds is 5. The van der Waals surface area contributed by atoms with Crippen molar-refractivity contribution < 1.29 is 13.9 Å². The maximum absolute atomic E-state index is 13.5. The van der Waals surface area contributed by atoms with Gasteiger partial charge in [-0.1, -0.05) is 29.8 Å². The van der Waals surface area contributed by atoms with Crippen LogP contribution in [-0.2, 0) is 0 Å². The van der Waals surface area contributed by atoms with Crippen LogP contribution in [0.4, 0.5) is 4.39 Å². The summed E-state index contributed by atoms with van der Waals surface area (Å²) in [6, 6.07) is 13.7. The highest BCUT2D eigenvalue weighted by atomic mass is 19.1. The van der Waals surface area contributed by atoms with E-state index in [1.54, 1.807) is 19.2 Å². The van der Waals surface area contributed by atoms with E-state index in [1.807, 2.05) is 31.2 Å². The Bertz CT molecular complexity index is 610. The van der Waals surface area contributed by atoms with Crippen LogP contribution in [0.25, 0.3) is 0 Å². The Hall–Kier alpha value is -2.36. The van der Waals surface area contributed by atoms with Crippen LogP contribution in [0.15, 0.2) is 48.5 Å². The third-order valence-electron chi connectivity index (χ3n) is 3.17. The molecule has 0 heterocycles. The van der Waals surface area contributed by atoms with E-state index >= 15 is 0 Å². The van der Waals surface area contributed by atoms with Gasteiger partial charge in [-0.2, -0.15) is 0 Å². The standard InChI is InChI=1S/C17H18FNO2/c1-13-7-9-14(10-8-13)21-12-11-19(2)17(20)15-5-3-4-6-16(15)18/h3-10H,11-12H2,1-2H3. The van der Waals surface area contributed by atoms with Crippen LogP contribution in [0.3, 0.4) is 0 Å². The van der Waals surface area contributed by atoms with E-state index in [0.29, 0.717) is 13.2 Å². The van der Waals surface area contributed by atoms with Crippen LogP contribution < -0.4 is 4.74 Å². The van der Waals surface area contributed by atoms with E-state index in [4.69, 9.17) is 4.74 Å². The van der Waals surface area contributed by atoms with E-state index < -0.39 is 5.82 Å². The summed E-state index contributed by atoms with van der Waals surface area (Å²) in [5.41, 5.74) is 1.24. The second-order valence-corrected chi connectivity index (χ2v) is 4.87. The third-order valence-corrected chi connectivity index (χ3v) is 3.17. The smallest absolute Gasteiger partial charge is 0.256 e. The molecule has 0 fully saturated rings. The van der Waals surface area contributed by atoms with Crippen molar-refractivity contribution >= 4 is 5.91 Å². The Morgan fingerprint density at radius 2 is 1.81 bits per heavy atom. The molecule has 0 aliphatic carbocycles. The number of hydrogen-bond donors (Lipinski definition) is 0. The first-order chi connectivity index (χ1) is 10.1. The van der Waals surface area contributed by atoms with Gasteiger partial charge in [-0.05, 0) is 31.2 Å². The molecule has 4 heteroatoms. The monoisotopic (exact) mass is 287 g/mol. The number of halogens is 1. The Balaban J connectivity index is 1.87. The number of benzene rings is 2. The minimum Gasteiger partial charge on any atom is -0.492 e. The Kier molecular flexibility index (Phi) is 4.93. The van der Waals surface area contributed by atoms with Crippen molar-refractivity contribution in [2.75, 3.05) is 20.2 Å². The predicted molar refractivity (Wildman–Crippen MR) is 80.0 cm³/mol. The molecular weight excluding hydrogens is 269 g/mol. The van der Waals surface area contributed by atoms with Crippen molar-refractivity contribution in [3.63, 3.8) is 0 Å². The number of likely N-dealkylation sites (N-methyl/N-ethyl adjacent to an activating group) is 1. The Morgan fingerprint density at radius 3 is 2.48 bits per heavy atom. The lowest BCUT2D eigenvalue weighted by Crippen LogP contribution is -2.31. The fourth-order valence-corrected chi connectivity index (χ4v) is 1.88. The number of nitrogens with zero attached hydrogens (tertiary/aromatic N) is 1. The number of carbonyl (C=O) groups is 1. The normalized spacial score (nSPS) is 10.2. The van der Waals surface area contributed by atoms with E-state index in [9.17, 15) is 9.18 Å². The topological polar surface area (TPSA) is 29.5 Å². The summed E-state index contributed by atoms with van der Waals surface area (Å²) in [7, 11) is 1.63. The van der Waals surface area contributed by atoms with Gasteiger partial charge in [0.2, 0.25) is 0 Å². The number of carbonyl (C=O) groups excluding carboxylic acids is 1. The number of amides is 1. The molecule has 0 atom stereocenters. The van der Waals surface area contributed by atoms with Crippen LogP contribution in [0.5, 0.6) is 5.75 Å². The fraction of sp³-hybridized carbons (Fsp3) is 0.235. The number of aryl methyl sites for hydroxylation is 1. The molecule has 0 aromatic heterocycles. The van der Waals surface area contributed by atoms with Crippen LogP contribution in [0.2, 0.25) is 0 Å². The quantitative estimate of drug-likeness (QED) is 0.844. The maximum atomic E-state index is 13.5. The van der Waals surface area contributed by atoms with Gasteiger partial charge in [0.1, 0.15) is 18.2 Å². The molecule has 1 amide bonds. The Labute approximate surface area is 124 Å². The molecule has 0 aliphatic rings. The molecule has 2 aromatic rings. The summed E-state index contributed by atoms with van der Waals surface area (Å²) in [4.78, 5) is 13.5. The fourth-order valence-electron chi connectivity index (χ4n) is 1.88. The summed E-state index contributed by atoms with van der Waals surface area (Å²) in [5.74, 6) is -0.0956. The zero-order chi connectivity index (χ0) is 15.2. The maximum Gasteiger partial charge on any atom is 0.256 e. The summed E-state index contributed by atoms with van der Waals surface area (Å²) < 4.78 is 19.1. The summed E-state index contributed by atoms with van der Waals surface area (Å²) in [6.45, 7) is 2.76. The second-order valence-electron chi connectivity index (χ2n) is 4.87. The summed E-state index contributed by atoms with van der Waals surface area (Å²) >= 11 is 0. The predicted octanol–water partition coefficient (Wildman–Crippen LogP) is 3.29. The largest absolute Gasteiger partial charge is 0.492 e. The van der Waals surface area contributed by atoms with Crippen molar-refractivity contribution in [2.45, 2.75) is 6.92 Å². The number of hydrogen-bond acceptors (Lipinski definition) is 2. The van der Waals surface area contributed by atoms with Crippen LogP contribution in [0, 0.1) is 12.7 Å². The van der Waals surface area contributed by atoms with Crippen LogP contribution in [0.1, 0.15) is 15.9 Å². The van der Waals surface area contributed by atoms with Crippen LogP contribution in [-0.4, -0.2) is 31.0 Å². The first-order valence-corrected chi connectivity index (χ1v) is 6.77. The van der Waals surface area contributed by atoms with Gasteiger partial charge in [-0.3, -0.25) is 4.79 Å². The molecule has 0 bridgehead atoms. The molecule has 0 radical (unpaired) electrons. The van der Waals surface area contributed by atoms with E-state index in [1.165, 1.54) is 17.0 Å². The minimum atomic E-state index is -0.506. The van der Waals surface area contributed by atoms with Gasteiger partial charge in [0.25, 0.3) is 5.91 Å². The molecule has 3 nitrogen and oxygen atoms in total. The molecule has 0 spiro atoms. The van der Waals surface area contributed by atoms with Crippen molar-refractivity contribution in [1.82, 2.24) is 4.90 Å². The highest BCUT2D eigenvalue weighted by Gasteiger charge is 2.15. The average molecular weight is 287 g/mol. The highest BCUT2D eigenvalue weighted by molar-refractivity contribution is 5.94. The molecule has 0 saturated heterocycles. The molecular formula is C17H18FNO2. The van der Waals surface area contributed by atoms with Gasteiger partial charge >= 0.3 is 0 Å². The third kappa shape index (κ3) is 4.05. The SMILES string of the molecule is Cc1ccc(OCCN(C)C(=O)c2ccccc2F)cc1. The molecule has 2 rings (SSSR count). The van der Waals surface area contributed by atoms with Gasteiger partial charge in [-0.25, -0.2) is 4.39 Å². The first kappa shape index (κ1) is 15.0. The van der Waals surface area contributed by atoms with E-state index in [0.717, 1.165) is 11.3 Å². The lowest BCUT2D eigenvalue weighted by Gasteiger charge is -2.18. The molecule has 0 N–H and O–H groups in total. The highest BCUT2D eigenvalue weighted by Crippen LogP contribution is 2.12. The Morgan fingerprint density at radius 1 is 1.14 bits per heavy atom. The summed E-state index contributed by atoms with van der Waals surface area (Å²) in [5, 5.41) is 0. The van der Waals surface area contributed by atoms with Gasteiger partial charge in [0.15, 0.2) is 0 Å². The molecule has 0 saturated carbocycles. The zero-order valence-electron chi connectivity index (χ0n) is 12.2. The van der Waals surface area contributed by atoms with Crippen molar-refractivity contribution in [1.29, 1.82) is 0 Å². The van der Waals surface area contributed by atoms with Crippen molar-refractivity contribution in [3.05, 3.63) is 65.5 Å². The lowest BCUT2D eigenvalue weighted by molar-refractivity contribution is 0.0769. The molecule has 0 unspecified atom stereocenters. The minimum absolute atomic E-state index is 0.0790. The second kappa shape index (κ2) is 6.88. The van der Waals surface area contributed by atoms with E-state index in [2.05, 4.69) is 0 Å². The van der Waals surface area contributed by atoms with Gasteiger partial charge in [-0.15, -0.1) is 0 Å². The zero-order valence-corrected chi connectivity index (χ0v) is 12.2.